The zero-order valence-corrected chi connectivity index (χ0v) is 16.9. The van der Waals surface area contributed by atoms with Gasteiger partial charge in [-0.1, -0.05) is 12.1 Å². The summed E-state index contributed by atoms with van der Waals surface area (Å²) in [6.07, 6.45) is 0.852. The lowest BCUT2D eigenvalue weighted by Crippen LogP contribution is -2.44. The van der Waals surface area contributed by atoms with E-state index in [0.717, 1.165) is 31.0 Å². The molecular formula is C20H27F2N5O2. The molecule has 1 aromatic heterocycles. The Balaban J connectivity index is 1.63. The van der Waals surface area contributed by atoms with Gasteiger partial charge in [0.2, 0.25) is 5.89 Å². The van der Waals surface area contributed by atoms with Gasteiger partial charge in [0, 0.05) is 25.7 Å². The molecule has 2 N–H and O–H groups in total. The predicted molar refractivity (Wildman–Crippen MR) is 108 cm³/mol. The predicted octanol–water partition coefficient (Wildman–Crippen LogP) is 3.23. The van der Waals surface area contributed by atoms with Gasteiger partial charge in [-0.3, -0.25) is 0 Å². The third-order valence-electron chi connectivity index (χ3n) is 4.74. The fraction of sp³-hybridized carbons (Fsp3) is 0.500. The fourth-order valence-electron chi connectivity index (χ4n) is 3.28. The molecular weight excluding hydrogens is 380 g/mol. The number of nitrogens with one attached hydrogen (secondary N) is 2. The lowest BCUT2D eigenvalue weighted by Gasteiger charge is -2.22. The Labute approximate surface area is 169 Å². The molecule has 2 aromatic rings. The first kappa shape index (κ1) is 20.9. The van der Waals surface area contributed by atoms with Crippen molar-refractivity contribution in [3.05, 3.63) is 41.6 Å². The van der Waals surface area contributed by atoms with Gasteiger partial charge in [-0.15, -0.1) is 0 Å². The zero-order valence-electron chi connectivity index (χ0n) is 16.9. The first-order chi connectivity index (χ1) is 14.0. The Morgan fingerprint density at radius 3 is 2.86 bits per heavy atom. The number of hydrogen-bond donors (Lipinski definition) is 2. The lowest BCUT2D eigenvalue weighted by atomic mass is 10.2. The molecule has 29 heavy (non-hydrogen) atoms. The SMILES string of the molecule is CCNC(=NCc1nc(C)c(C)o1)NC1CCN(c2ccccc2OC(F)F)C1. The minimum atomic E-state index is -2.84. The highest BCUT2D eigenvalue weighted by atomic mass is 19.3. The standard InChI is InChI=1S/C20H27F2N5O2/c1-4-23-20(24-11-18-25-13(2)14(3)28-18)26-15-9-10-27(12-15)16-7-5-6-8-17(16)29-19(21)22/h5-8,15,19H,4,9-12H2,1-3H3,(H2,23,24,26). The first-order valence-corrected chi connectivity index (χ1v) is 9.72. The fourth-order valence-corrected chi connectivity index (χ4v) is 3.28. The van der Waals surface area contributed by atoms with Crippen LogP contribution < -0.4 is 20.3 Å². The number of guanidine groups is 1. The number of anilines is 1. The molecule has 1 unspecified atom stereocenters. The zero-order chi connectivity index (χ0) is 20.8. The highest BCUT2D eigenvalue weighted by molar-refractivity contribution is 5.80. The summed E-state index contributed by atoms with van der Waals surface area (Å²) in [5, 5.41) is 6.63. The van der Waals surface area contributed by atoms with Gasteiger partial charge in [0.05, 0.1) is 11.4 Å². The average Bonchev–Trinajstić information content (AvgIpc) is 3.26. The molecule has 1 saturated heterocycles. The summed E-state index contributed by atoms with van der Waals surface area (Å²) in [6, 6.07) is 7.00. The number of rotatable bonds is 7. The van der Waals surface area contributed by atoms with Gasteiger partial charge in [-0.05, 0) is 39.3 Å². The smallest absolute Gasteiger partial charge is 0.387 e. The van der Waals surface area contributed by atoms with Crippen LogP contribution in [0.3, 0.4) is 0 Å². The van der Waals surface area contributed by atoms with E-state index in [9.17, 15) is 8.78 Å². The van der Waals surface area contributed by atoms with E-state index in [2.05, 4.69) is 25.3 Å². The van der Waals surface area contributed by atoms with Crippen LogP contribution in [0, 0.1) is 13.8 Å². The number of oxazole rings is 1. The average molecular weight is 407 g/mol. The molecule has 0 spiro atoms. The second-order valence-corrected chi connectivity index (χ2v) is 6.87. The summed E-state index contributed by atoms with van der Waals surface area (Å²) < 4.78 is 35.6. The second-order valence-electron chi connectivity index (χ2n) is 6.87. The number of nitrogens with zero attached hydrogens (tertiary/aromatic N) is 3. The van der Waals surface area contributed by atoms with Crippen LogP contribution in [0.2, 0.25) is 0 Å². The number of aromatic nitrogens is 1. The summed E-state index contributed by atoms with van der Waals surface area (Å²) in [7, 11) is 0. The topological polar surface area (TPSA) is 74.9 Å². The number of ether oxygens (including phenoxy) is 1. The van der Waals surface area contributed by atoms with Gasteiger partial charge in [-0.2, -0.15) is 8.78 Å². The third-order valence-corrected chi connectivity index (χ3v) is 4.74. The van der Waals surface area contributed by atoms with Crippen molar-refractivity contribution in [2.24, 2.45) is 4.99 Å². The van der Waals surface area contributed by atoms with Crippen LogP contribution in [-0.2, 0) is 6.54 Å². The van der Waals surface area contributed by atoms with Crippen LogP contribution >= 0.6 is 0 Å². The number of hydrogen-bond acceptors (Lipinski definition) is 5. The third kappa shape index (κ3) is 5.58. The minimum Gasteiger partial charge on any atom is -0.444 e. The Hall–Kier alpha value is -2.84. The van der Waals surface area contributed by atoms with E-state index >= 15 is 0 Å². The first-order valence-electron chi connectivity index (χ1n) is 9.72. The van der Waals surface area contributed by atoms with Gasteiger partial charge in [0.1, 0.15) is 18.1 Å². The molecule has 9 heteroatoms. The summed E-state index contributed by atoms with van der Waals surface area (Å²) in [5.41, 5.74) is 1.54. The van der Waals surface area contributed by atoms with E-state index in [1.54, 1.807) is 18.2 Å². The summed E-state index contributed by atoms with van der Waals surface area (Å²) in [4.78, 5) is 10.9. The maximum Gasteiger partial charge on any atom is 0.387 e. The minimum absolute atomic E-state index is 0.125. The van der Waals surface area contributed by atoms with Crippen LogP contribution in [-0.4, -0.2) is 43.2 Å². The maximum atomic E-state index is 12.7. The van der Waals surface area contributed by atoms with Crippen LogP contribution in [0.4, 0.5) is 14.5 Å². The highest BCUT2D eigenvalue weighted by Crippen LogP contribution is 2.31. The second kappa shape index (κ2) is 9.58. The number of para-hydroxylation sites is 2. The van der Waals surface area contributed by atoms with Gasteiger partial charge >= 0.3 is 6.61 Å². The van der Waals surface area contributed by atoms with E-state index < -0.39 is 6.61 Å². The normalized spacial score (nSPS) is 17.1. The van der Waals surface area contributed by atoms with Crippen molar-refractivity contribution in [2.45, 2.75) is 46.4 Å². The summed E-state index contributed by atoms with van der Waals surface area (Å²) in [5.74, 6) is 2.23. The van der Waals surface area contributed by atoms with Gasteiger partial charge < -0.3 is 24.7 Å². The number of benzene rings is 1. The number of alkyl halides is 2. The van der Waals surface area contributed by atoms with Crippen molar-refractivity contribution in [1.29, 1.82) is 0 Å². The quantitative estimate of drug-likeness (QED) is 0.542. The molecule has 7 nitrogen and oxygen atoms in total. The molecule has 1 aliphatic rings. The molecule has 158 valence electrons. The Morgan fingerprint density at radius 1 is 1.38 bits per heavy atom. The molecule has 0 saturated carbocycles. The Kier molecular flexibility index (Phi) is 6.90. The van der Waals surface area contributed by atoms with Crippen molar-refractivity contribution < 1.29 is 17.9 Å². The van der Waals surface area contributed by atoms with E-state index in [0.29, 0.717) is 30.6 Å². The van der Waals surface area contributed by atoms with E-state index in [1.807, 2.05) is 31.7 Å². The lowest BCUT2D eigenvalue weighted by molar-refractivity contribution is -0.0495. The molecule has 1 aliphatic heterocycles. The number of halogens is 2. The number of aryl methyl sites for hydroxylation is 2. The molecule has 0 bridgehead atoms. The maximum absolute atomic E-state index is 12.7. The van der Waals surface area contributed by atoms with Crippen LogP contribution in [0.15, 0.2) is 33.7 Å². The molecule has 1 atom stereocenters. The van der Waals surface area contributed by atoms with Crippen molar-refractivity contribution in [2.75, 3.05) is 24.5 Å². The summed E-state index contributed by atoms with van der Waals surface area (Å²) >= 11 is 0. The van der Waals surface area contributed by atoms with Gasteiger partial charge in [0.25, 0.3) is 0 Å². The molecule has 1 aromatic carbocycles. The molecule has 3 rings (SSSR count). The van der Waals surface area contributed by atoms with Crippen LogP contribution in [0.5, 0.6) is 5.75 Å². The Morgan fingerprint density at radius 2 is 2.17 bits per heavy atom. The van der Waals surface area contributed by atoms with Crippen LogP contribution in [0.1, 0.15) is 30.7 Å². The van der Waals surface area contributed by atoms with E-state index in [-0.39, 0.29) is 11.8 Å². The van der Waals surface area contributed by atoms with Gasteiger partial charge in [-0.25, -0.2) is 9.98 Å². The van der Waals surface area contributed by atoms with Gasteiger partial charge in [0.15, 0.2) is 5.96 Å². The van der Waals surface area contributed by atoms with Crippen LogP contribution in [0.25, 0.3) is 0 Å². The monoisotopic (exact) mass is 407 g/mol. The highest BCUT2D eigenvalue weighted by Gasteiger charge is 2.26. The molecule has 1 fully saturated rings. The van der Waals surface area contributed by atoms with Crippen molar-refractivity contribution in [1.82, 2.24) is 15.6 Å². The molecule has 0 radical (unpaired) electrons. The Bertz CT molecular complexity index is 821. The summed E-state index contributed by atoms with van der Waals surface area (Å²) in [6.45, 7) is 5.38. The van der Waals surface area contributed by atoms with E-state index in [4.69, 9.17) is 4.42 Å². The van der Waals surface area contributed by atoms with Crippen molar-refractivity contribution in [3.63, 3.8) is 0 Å². The van der Waals surface area contributed by atoms with Crippen molar-refractivity contribution >= 4 is 11.6 Å². The van der Waals surface area contributed by atoms with E-state index in [1.165, 1.54) is 0 Å². The molecule has 0 amide bonds. The van der Waals surface area contributed by atoms with Crippen molar-refractivity contribution in [3.8, 4) is 5.75 Å². The molecule has 0 aliphatic carbocycles. The largest absolute Gasteiger partial charge is 0.444 e. The molecule has 2 heterocycles. The number of aliphatic imine (C=N–C) groups is 1.